The summed E-state index contributed by atoms with van der Waals surface area (Å²) >= 11 is 0. The Balaban J connectivity index is 2.50. The lowest BCUT2D eigenvalue weighted by molar-refractivity contribution is -0.134. The SMILES string of the molecule is COC(=O)/C=C\c1cc(OC)c(OC)c(S(=O)(=O)Nc2ccc(S(N)(=O)=O)cc2)c1. The van der Waals surface area contributed by atoms with Crippen LogP contribution in [0.5, 0.6) is 11.5 Å². The number of anilines is 1. The molecule has 0 spiro atoms. The monoisotopic (exact) mass is 456 g/mol. The van der Waals surface area contributed by atoms with E-state index < -0.39 is 26.0 Å². The molecule has 0 unspecified atom stereocenters. The fourth-order valence-corrected chi connectivity index (χ4v) is 4.19. The minimum Gasteiger partial charge on any atom is -0.493 e. The van der Waals surface area contributed by atoms with Crippen LogP contribution in [0.1, 0.15) is 5.56 Å². The van der Waals surface area contributed by atoms with Gasteiger partial charge in [0.2, 0.25) is 10.0 Å². The fraction of sp³-hybridized carbons (Fsp3) is 0.167. The summed E-state index contributed by atoms with van der Waals surface area (Å²) in [5.41, 5.74) is 0.432. The predicted molar refractivity (Wildman–Crippen MR) is 109 cm³/mol. The van der Waals surface area contributed by atoms with Crippen LogP contribution >= 0.6 is 0 Å². The molecular weight excluding hydrogens is 436 g/mol. The third kappa shape index (κ3) is 5.49. The molecule has 0 aliphatic carbocycles. The molecular formula is C18H20N2O8S2. The van der Waals surface area contributed by atoms with Gasteiger partial charge in [0, 0.05) is 11.8 Å². The number of sulfonamides is 2. The largest absolute Gasteiger partial charge is 0.493 e. The van der Waals surface area contributed by atoms with Crippen molar-refractivity contribution in [2.75, 3.05) is 26.1 Å². The average molecular weight is 456 g/mol. The van der Waals surface area contributed by atoms with E-state index >= 15 is 0 Å². The van der Waals surface area contributed by atoms with E-state index in [9.17, 15) is 21.6 Å². The lowest BCUT2D eigenvalue weighted by atomic mass is 10.2. The highest BCUT2D eigenvalue weighted by atomic mass is 32.2. The van der Waals surface area contributed by atoms with E-state index in [4.69, 9.17) is 14.6 Å². The Hall–Kier alpha value is -3.09. The summed E-state index contributed by atoms with van der Waals surface area (Å²) in [5, 5.41) is 5.04. The second-order valence-electron chi connectivity index (χ2n) is 5.79. The van der Waals surface area contributed by atoms with E-state index in [0.717, 1.165) is 6.08 Å². The van der Waals surface area contributed by atoms with Crippen LogP contribution in [-0.4, -0.2) is 44.1 Å². The molecule has 10 nitrogen and oxygen atoms in total. The van der Waals surface area contributed by atoms with Gasteiger partial charge in [-0.05, 0) is 48.0 Å². The van der Waals surface area contributed by atoms with Gasteiger partial charge in [0.15, 0.2) is 11.5 Å². The quantitative estimate of drug-likeness (QED) is 0.446. The molecule has 0 amide bonds. The first-order valence-corrected chi connectivity index (χ1v) is 11.2. The molecule has 30 heavy (non-hydrogen) atoms. The number of hydrogen-bond donors (Lipinski definition) is 2. The number of hydrogen-bond acceptors (Lipinski definition) is 8. The summed E-state index contributed by atoms with van der Waals surface area (Å²) in [4.78, 5) is 10.9. The first kappa shape index (κ1) is 23.2. The van der Waals surface area contributed by atoms with Gasteiger partial charge in [0.25, 0.3) is 10.0 Å². The van der Waals surface area contributed by atoms with Crippen LogP contribution in [0.2, 0.25) is 0 Å². The molecule has 0 saturated heterocycles. The number of rotatable bonds is 8. The molecule has 0 heterocycles. The number of esters is 1. The van der Waals surface area contributed by atoms with Crippen LogP contribution < -0.4 is 19.3 Å². The Morgan fingerprint density at radius 3 is 2.13 bits per heavy atom. The predicted octanol–water partition coefficient (Wildman–Crippen LogP) is 1.34. The second-order valence-corrected chi connectivity index (χ2v) is 9.00. The zero-order valence-corrected chi connectivity index (χ0v) is 17.9. The van der Waals surface area contributed by atoms with Gasteiger partial charge in [-0.15, -0.1) is 0 Å². The van der Waals surface area contributed by atoms with Crippen molar-refractivity contribution < 1.29 is 35.8 Å². The Morgan fingerprint density at radius 2 is 1.63 bits per heavy atom. The number of primary sulfonamides is 1. The Labute approximate surface area is 174 Å². The highest BCUT2D eigenvalue weighted by molar-refractivity contribution is 7.92. The van der Waals surface area contributed by atoms with Gasteiger partial charge in [-0.1, -0.05) is 0 Å². The molecule has 2 aromatic rings. The third-order valence-corrected chi connectivity index (χ3v) is 6.12. The van der Waals surface area contributed by atoms with Gasteiger partial charge < -0.3 is 14.2 Å². The van der Waals surface area contributed by atoms with Gasteiger partial charge in [0.05, 0.1) is 26.2 Å². The smallest absolute Gasteiger partial charge is 0.330 e. The van der Waals surface area contributed by atoms with E-state index in [1.54, 1.807) is 0 Å². The fourth-order valence-electron chi connectivity index (χ4n) is 2.40. The number of ether oxygens (including phenoxy) is 3. The average Bonchev–Trinajstić information content (AvgIpc) is 2.70. The van der Waals surface area contributed by atoms with Crippen molar-refractivity contribution >= 4 is 37.8 Å². The van der Waals surface area contributed by atoms with E-state index in [1.807, 2.05) is 0 Å². The van der Waals surface area contributed by atoms with E-state index in [0.29, 0.717) is 5.56 Å². The summed E-state index contributed by atoms with van der Waals surface area (Å²) in [5.74, 6) is -0.557. The number of methoxy groups -OCH3 is 3. The van der Waals surface area contributed by atoms with Crippen LogP contribution in [0.25, 0.3) is 6.08 Å². The van der Waals surface area contributed by atoms with Crippen molar-refractivity contribution in [3.63, 3.8) is 0 Å². The molecule has 0 radical (unpaired) electrons. The van der Waals surface area contributed by atoms with Crippen molar-refractivity contribution in [2.45, 2.75) is 9.79 Å². The normalized spacial score (nSPS) is 11.9. The summed E-state index contributed by atoms with van der Waals surface area (Å²) < 4.78 is 65.9. The molecule has 2 aromatic carbocycles. The number of carbonyl (C=O) groups is 1. The zero-order valence-electron chi connectivity index (χ0n) is 16.3. The van der Waals surface area contributed by atoms with Gasteiger partial charge in [-0.3, -0.25) is 4.72 Å². The lowest BCUT2D eigenvalue weighted by Crippen LogP contribution is -2.15. The first-order chi connectivity index (χ1) is 14.0. The molecule has 0 aliphatic rings. The highest BCUT2D eigenvalue weighted by Gasteiger charge is 2.24. The van der Waals surface area contributed by atoms with E-state index in [-0.39, 0.29) is 27.0 Å². The highest BCUT2D eigenvalue weighted by Crippen LogP contribution is 2.37. The van der Waals surface area contributed by atoms with Crippen LogP contribution in [0.15, 0.2) is 52.3 Å². The van der Waals surface area contributed by atoms with Crippen molar-refractivity contribution in [1.82, 2.24) is 0 Å². The van der Waals surface area contributed by atoms with Gasteiger partial charge >= 0.3 is 5.97 Å². The van der Waals surface area contributed by atoms with Crippen LogP contribution in [0, 0.1) is 0 Å². The zero-order chi connectivity index (χ0) is 22.5. The molecule has 0 fully saturated rings. The molecule has 0 atom stereocenters. The van der Waals surface area contributed by atoms with Gasteiger partial charge in [-0.2, -0.15) is 0 Å². The van der Waals surface area contributed by atoms with Crippen LogP contribution in [-0.2, 0) is 29.6 Å². The van der Waals surface area contributed by atoms with Crippen LogP contribution in [0.4, 0.5) is 5.69 Å². The molecule has 0 aliphatic heterocycles. The second kappa shape index (κ2) is 9.15. The summed E-state index contributed by atoms with van der Waals surface area (Å²) in [6.45, 7) is 0. The maximum absolute atomic E-state index is 13.0. The van der Waals surface area contributed by atoms with E-state index in [2.05, 4.69) is 9.46 Å². The Kier molecular flexibility index (Phi) is 7.08. The maximum atomic E-state index is 13.0. The van der Waals surface area contributed by atoms with Crippen molar-refractivity contribution in [3.05, 3.63) is 48.0 Å². The molecule has 0 bridgehead atoms. The molecule has 3 N–H and O–H groups in total. The Bertz CT molecular complexity index is 1170. The summed E-state index contributed by atoms with van der Waals surface area (Å²) in [7, 11) is -4.28. The van der Waals surface area contributed by atoms with Gasteiger partial charge in [0.1, 0.15) is 4.90 Å². The van der Waals surface area contributed by atoms with E-state index in [1.165, 1.54) is 63.8 Å². The standard InChI is InChI=1S/C18H20N2O8S2/c1-26-15-10-12(4-9-17(21)27-2)11-16(18(15)28-3)30(24,25)20-13-5-7-14(8-6-13)29(19,22)23/h4-11,20H,1-3H3,(H2,19,22,23)/b9-4-. The van der Waals surface area contributed by atoms with Crippen molar-refractivity contribution in [1.29, 1.82) is 0 Å². The topological polar surface area (TPSA) is 151 Å². The Morgan fingerprint density at radius 1 is 1.00 bits per heavy atom. The first-order valence-electron chi connectivity index (χ1n) is 8.19. The lowest BCUT2D eigenvalue weighted by Gasteiger charge is -2.15. The number of benzene rings is 2. The molecule has 162 valence electrons. The minimum absolute atomic E-state index is 0.0543. The number of carbonyl (C=O) groups excluding carboxylic acids is 1. The molecule has 12 heteroatoms. The van der Waals surface area contributed by atoms with Crippen LogP contribution in [0.3, 0.4) is 0 Å². The van der Waals surface area contributed by atoms with Crippen molar-refractivity contribution in [3.8, 4) is 11.5 Å². The summed E-state index contributed by atoms with van der Waals surface area (Å²) in [6.07, 6.45) is 2.48. The molecule has 0 aromatic heterocycles. The number of nitrogens with two attached hydrogens (primary N) is 1. The number of nitrogens with one attached hydrogen (secondary N) is 1. The molecule has 0 saturated carbocycles. The van der Waals surface area contributed by atoms with Gasteiger partial charge in [-0.25, -0.2) is 26.8 Å². The minimum atomic E-state index is -4.19. The third-order valence-electron chi connectivity index (χ3n) is 3.80. The van der Waals surface area contributed by atoms with Crippen molar-refractivity contribution in [2.24, 2.45) is 5.14 Å². The molecule has 2 rings (SSSR count). The summed E-state index contributed by atoms with van der Waals surface area (Å²) in [6, 6.07) is 7.60. The maximum Gasteiger partial charge on any atom is 0.330 e.